The third-order valence-electron chi connectivity index (χ3n) is 4.99. The first-order valence-electron chi connectivity index (χ1n) is 9.57. The van der Waals surface area contributed by atoms with Crippen molar-refractivity contribution in [2.45, 2.75) is 18.9 Å². The lowest BCUT2D eigenvalue weighted by molar-refractivity contribution is 0.160. The van der Waals surface area contributed by atoms with E-state index in [2.05, 4.69) is 30.5 Å². The summed E-state index contributed by atoms with van der Waals surface area (Å²) in [4.78, 5) is 13.0. The summed E-state index contributed by atoms with van der Waals surface area (Å²) in [5, 5.41) is 11.5. The minimum atomic E-state index is -0.367. The van der Waals surface area contributed by atoms with Gasteiger partial charge in [-0.3, -0.25) is 15.1 Å². The van der Waals surface area contributed by atoms with Crippen LogP contribution in [0.4, 0.5) is 4.39 Å². The van der Waals surface area contributed by atoms with E-state index in [0.717, 1.165) is 36.8 Å². The molecule has 146 valence electrons. The number of rotatable bonds is 4. The molecule has 1 aliphatic heterocycles. The summed E-state index contributed by atoms with van der Waals surface area (Å²) in [6, 6.07) is 8.51. The van der Waals surface area contributed by atoms with Crippen LogP contribution in [0.2, 0.25) is 0 Å². The highest BCUT2D eigenvalue weighted by molar-refractivity contribution is 5.94. The molecule has 7 nitrogen and oxygen atoms in total. The van der Waals surface area contributed by atoms with Crippen LogP contribution in [0.25, 0.3) is 33.5 Å². The minimum Gasteiger partial charge on any atom is -0.472 e. The molecular formula is C21H19FN6O. The van der Waals surface area contributed by atoms with Crippen molar-refractivity contribution in [2.24, 2.45) is 0 Å². The molecule has 0 aliphatic carbocycles. The van der Waals surface area contributed by atoms with Gasteiger partial charge in [0.05, 0.1) is 17.9 Å². The maximum absolute atomic E-state index is 14.2. The highest BCUT2D eigenvalue weighted by Gasteiger charge is 2.17. The summed E-state index contributed by atoms with van der Waals surface area (Å²) >= 11 is 0. The summed E-state index contributed by atoms with van der Waals surface area (Å²) < 4.78 is 20.2. The quantitative estimate of drug-likeness (QED) is 0.556. The second-order valence-electron chi connectivity index (χ2n) is 7.00. The molecule has 29 heavy (non-hydrogen) atoms. The predicted molar refractivity (Wildman–Crippen MR) is 107 cm³/mol. The van der Waals surface area contributed by atoms with Crippen LogP contribution in [-0.2, 0) is 0 Å². The third-order valence-corrected chi connectivity index (χ3v) is 4.99. The lowest BCUT2D eigenvalue weighted by Crippen LogP contribution is -2.37. The Bertz CT molecular complexity index is 1150. The van der Waals surface area contributed by atoms with Crippen LogP contribution in [0.5, 0.6) is 5.88 Å². The van der Waals surface area contributed by atoms with Crippen LogP contribution in [0.15, 0.2) is 48.9 Å². The number of aromatic amines is 1. The van der Waals surface area contributed by atoms with Gasteiger partial charge in [0.2, 0.25) is 5.88 Å². The normalized spacial score (nSPS) is 16.8. The number of hydrogen-bond donors (Lipinski definition) is 2. The molecule has 1 fully saturated rings. The van der Waals surface area contributed by atoms with Gasteiger partial charge in [0.25, 0.3) is 0 Å². The van der Waals surface area contributed by atoms with E-state index >= 15 is 0 Å². The Morgan fingerprint density at radius 2 is 2.10 bits per heavy atom. The van der Waals surface area contributed by atoms with Gasteiger partial charge in [-0.05, 0) is 43.7 Å². The van der Waals surface area contributed by atoms with Crippen molar-refractivity contribution >= 4 is 10.9 Å². The Morgan fingerprint density at radius 1 is 1.14 bits per heavy atom. The summed E-state index contributed by atoms with van der Waals surface area (Å²) in [5.74, 6) is 0.104. The first-order valence-corrected chi connectivity index (χ1v) is 9.57. The molecule has 0 bridgehead atoms. The van der Waals surface area contributed by atoms with Crippen LogP contribution in [-0.4, -0.2) is 44.3 Å². The van der Waals surface area contributed by atoms with E-state index in [1.54, 1.807) is 24.7 Å². The van der Waals surface area contributed by atoms with Gasteiger partial charge >= 0.3 is 0 Å². The smallest absolute Gasteiger partial charge is 0.233 e. The van der Waals surface area contributed by atoms with Crippen LogP contribution < -0.4 is 10.1 Å². The minimum absolute atomic E-state index is 0.0861. The van der Waals surface area contributed by atoms with Crippen molar-refractivity contribution in [2.75, 3.05) is 13.1 Å². The molecule has 2 N–H and O–H groups in total. The molecule has 1 aromatic carbocycles. The van der Waals surface area contributed by atoms with E-state index in [1.807, 2.05) is 18.2 Å². The number of halogens is 1. The molecule has 1 aliphatic rings. The fourth-order valence-electron chi connectivity index (χ4n) is 3.56. The number of benzene rings is 1. The molecular weight excluding hydrogens is 371 g/mol. The van der Waals surface area contributed by atoms with E-state index in [-0.39, 0.29) is 11.9 Å². The number of nitrogens with zero attached hydrogens (tertiary/aromatic N) is 4. The molecule has 1 unspecified atom stereocenters. The summed E-state index contributed by atoms with van der Waals surface area (Å²) in [5.41, 5.74) is 3.03. The molecule has 4 aromatic rings. The highest BCUT2D eigenvalue weighted by Crippen LogP contribution is 2.30. The Morgan fingerprint density at radius 3 is 2.97 bits per heavy atom. The van der Waals surface area contributed by atoms with Gasteiger partial charge in [-0.1, -0.05) is 6.07 Å². The largest absolute Gasteiger partial charge is 0.472 e. The van der Waals surface area contributed by atoms with E-state index < -0.39 is 0 Å². The summed E-state index contributed by atoms with van der Waals surface area (Å²) in [7, 11) is 0. The average Bonchev–Trinajstić information content (AvgIpc) is 3.18. The number of ether oxygens (including phenoxy) is 1. The maximum Gasteiger partial charge on any atom is 0.233 e. The van der Waals surface area contributed by atoms with Gasteiger partial charge in [0.1, 0.15) is 29.0 Å². The fourth-order valence-corrected chi connectivity index (χ4v) is 3.56. The van der Waals surface area contributed by atoms with Crippen LogP contribution in [0, 0.1) is 5.82 Å². The van der Waals surface area contributed by atoms with Crippen molar-refractivity contribution in [1.29, 1.82) is 0 Å². The number of hydrogen-bond acceptors (Lipinski definition) is 6. The molecule has 3 aromatic heterocycles. The van der Waals surface area contributed by atoms with Crippen molar-refractivity contribution in [3.8, 4) is 28.5 Å². The first-order chi connectivity index (χ1) is 14.3. The monoisotopic (exact) mass is 390 g/mol. The van der Waals surface area contributed by atoms with E-state index in [0.29, 0.717) is 28.5 Å². The molecule has 1 atom stereocenters. The van der Waals surface area contributed by atoms with Gasteiger partial charge in [0, 0.05) is 23.7 Å². The van der Waals surface area contributed by atoms with Crippen molar-refractivity contribution in [3.05, 3.63) is 54.7 Å². The molecule has 0 radical (unpaired) electrons. The van der Waals surface area contributed by atoms with Gasteiger partial charge in [0.15, 0.2) is 0 Å². The fraction of sp³-hybridized carbons (Fsp3) is 0.238. The predicted octanol–water partition coefficient (Wildman–Crippen LogP) is 3.35. The number of aromatic nitrogens is 5. The number of nitrogens with one attached hydrogen (secondary N) is 2. The van der Waals surface area contributed by atoms with E-state index in [9.17, 15) is 4.39 Å². The highest BCUT2D eigenvalue weighted by atomic mass is 19.1. The van der Waals surface area contributed by atoms with Crippen molar-refractivity contribution in [3.63, 3.8) is 0 Å². The standard InChI is InChI=1S/C21H19FN6O/c22-16-4-2-8-25-20(16)13-5-6-17-15(9-13)21(28-27-17)18-11-24-12-19(26-18)29-14-3-1-7-23-10-14/h2,4-6,8-9,11-12,14,23H,1,3,7,10H2,(H,27,28). The van der Waals surface area contributed by atoms with Gasteiger partial charge < -0.3 is 10.1 Å². The number of piperidine rings is 1. The zero-order valence-electron chi connectivity index (χ0n) is 15.6. The molecule has 0 spiro atoms. The zero-order valence-corrected chi connectivity index (χ0v) is 15.6. The molecule has 0 saturated carbocycles. The molecule has 5 rings (SSSR count). The van der Waals surface area contributed by atoms with Gasteiger partial charge in [-0.2, -0.15) is 5.10 Å². The molecule has 8 heteroatoms. The van der Waals surface area contributed by atoms with Gasteiger partial charge in [-0.25, -0.2) is 9.37 Å². The number of fused-ring (bicyclic) bond motifs is 1. The lowest BCUT2D eigenvalue weighted by atomic mass is 10.1. The summed E-state index contributed by atoms with van der Waals surface area (Å²) in [6.45, 7) is 1.82. The van der Waals surface area contributed by atoms with Crippen molar-refractivity contribution in [1.82, 2.24) is 30.5 Å². The van der Waals surface area contributed by atoms with Crippen LogP contribution in [0.3, 0.4) is 0 Å². The molecule has 1 saturated heterocycles. The van der Waals surface area contributed by atoms with E-state index in [1.165, 1.54) is 6.07 Å². The molecule has 0 amide bonds. The van der Waals surface area contributed by atoms with Crippen LogP contribution >= 0.6 is 0 Å². The van der Waals surface area contributed by atoms with Crippen molar-refractivity contribution < 1.29 is 9.13 Å². The van der Waals surface area contributed by atoms with E-state index in [4.69, 9.17) is 4.74 Å². The SMILES string of the molecule is Fc1cccnc1-c1ccc2[nH]nc(-c3cncc(OC4CCCNC4)n3)c2c1. The van der Waals surface area contributed by atoms with Crippen LogP contribution in [0.1, 0.15) is 12.8 Å². The Kier molecular flexibility index (Phi) is 4.61. The zero-order chi connectivity index (χ0) is 19.6. The lowest BCUT2D eigenvalue weighted by Gasteiger charge is -2.23. The Hall–Kier alpha value is -3.39. The Balaban J connectivity index is 1.51. The Labute approximate surface area is 166 Å². The molecule has 4 heterocycles. The summed E-state index contributed by atoms with van der Waals surface area (Å²) in [6.07, 6.45) is 6.99. The maximum atomic E-state index is 14.2. The average molecular weight is 390 g/mol. The number of H-pyrrole nitrogens is 1. The topological polar surface area (TPSA) is 88.6 Å². The number of pyridine rings is 1. The third kappa shape index (κ3) is 3.54. The van der Waals surface area contributed by atoms with Gasteiger partial charge in [-0.15, -0.1) is 0 Å². The second-order valence-corrected chi connectivity index (χ2v) is 7.00. The first kappa shape index (κ1) is 17.7. The second kappa shape index (κ2) is 7.56.